The van der Waals surface area contributed by atoms with Gasteiger partial charge in [0.05, 0.1) is 12.2 Å². The van der Waals surface area contributed by atoms with E-state index < -0.39 is 10.2 Å². The first kappa shape index (κ1) is 19.2. The molecule has 0 aromatic heterocycles. The summed E-state index contributed by atoms with van der Waals surface area (Å²) in [4.78, 5) is 13.2. The lowest BCUT2D eigenvalue weighted by molar-refractivity contribution is -0.116. The maximum Gasteiger partial charge on any atom is 0.282 e. The molecule has 0 radical (unpaired) electrons. The molecule has 1 heterocycles. The van der Waals surface area contributed by atoms with Gasteiger partial charge in [-0.1, -0.05) is 25.0 Å². The molecule has 0 bridgehead atoms. The Hall–Kier alpha value is -1.09. The zero-order chi connectivity index (χ0) is 17.6. The summed E-state index contributed by atoms with van der Waals surface area (Å²) in [6.45, 7) is 0.870. The zero-order valence-corrected chi connectivity index (χ0v) is 15.8. The number of amides is 1. The minimum atomic E-state index is -3.59. The number of carbonyl (C=O) groups is 1. The molecule has 8 heteroatoms. The number of hydrogen-bond acceptors (Lipinski definition) is 4. The SMILES string of the molecule is CSc1ccccc1NC(=O)CN(C)S(=O)(=O)N1CCCCCC1. The van der Waals surface area contributed by atoms with Gasteiger partial charge >= 0.3 is 0 Å². The van der Waals surface area contributed by atoms with Gasteiger partial charge in [0.2, 0.25) is 5.91 Å². The Morgan fingerprint density at radius 3 is 2.46 bits per heavy atom. The van der Waals surface area contributed by atoms with Crippen LogP contribution in [0.3, 0.4) is 0 Å². The Bertz CT molecular complexity index is 656. The molecule has 1 fully saturated rings. The molecule has 1 saturated heterocycles. The molecule has 1 aliphatic heterocycles. The van der Waals surface area contributed by atoms with Crippen molar-refractivity contribution >= 4 is 33.6 Å². The number of likely N-dealkylation sites (N-methyl/N-ethyl adjacent to an activating group) is 1. The van der Waals surface area contributed by atoms with Crippen molar-refractivity contribution in [2.75, 3.05) is 38.3 Å². The van der Waals surface area contributed by atoms with E-state index in [1.807, 2.05) is 30.5 Å². The highest BCUT2D eigenvalue weighted by atomic mass is 32.2. The largest absolute Gasteiger partial charge is 0.324 e. The van der Waals surface area contributed by atoms with Gasteiger partial charge in [0.25, 0.3) is 10.2 Å². The van der Waals surface area contributed by atoms with Crippen molar-refractivity contribution in [2.24, 2.45) is 0 Å². The van der Waals surface area contributed by atoms with Crippen molar-refractivity contribution in [3.8, 4) is 0 Å². The van der Waals surface area contributed by atoms with Crippen LogP contribution in [0.2, 0.25) is 0 Å². The van der Waals surface area contributed by atoms with Crippen molar-refractivity contribution in [1.82, 2.24) is 8.61 Å². The molecule has 0 aliphatic carbocycles. The van der Waals surface area contributed by atoms with Crippen LogP contribution in [0.1, 0.15) is 25.7 Å². The van der Waals surface area contributed by atoms with Crippen molar-refractivity contribution in [1.29, 1.82) is 0 Å². The molecule has 1 aromatic carbocycles. The summed E-state index contributed by atoms with van der Waals surface area (Å²) in [6, 6.07) is 7.47. The third kappa shape index (κ3) is 4.95. The summed E-state index contributed by atoms with van der Waals surface area (Å²) in [5.74, 6) is -0.336. The van der Waals surface area contributed by atoms with Crippen LogP contribution < -0.4 is 5.32 Å². The second-order valence-corrected chi connectivity index (χ2v) is 8.71. The van der Waals surface area contributed by atoms with Crippen LogP contribution >= 0.6 is 11.8 Å². The van der Waals surface area contributed by atoms with Crippen LogP contribution in [0.5, 0.6) is 0 Å². The number of para-hydroxylation sites is 1. The van der Waals surface area contributed by atoms with E-state index in [0.717, 1.165) is 34.9 Å². The number of hydrogen-bond donors (Lipinski definition) is 1. The summed E-state index contributed by atoms with van der Waals surface area (Å²) in [6.07, 6.45) is 5.80. The second-order valence-electron chi connectivity index (χ2n) is 5.83. The van der Waals surface area contributed by atoms with Crippen molar-refractivity contribution in [2.45, 2.75) is 30.6 Å². The van der Waals surface area contributed by atoms with Gasteiger partial charge in [0, 0.05) is 25.0 Å². The molecule has 0 spiro atoms. The van der Waals surface area contributed by atoms with Crippen LogP contribution in [0, 0.1) is 0 Å². The fourth-order valence-corrected chi connectivity index (χ4v) is 4.64. The van der Waals surface area contributed by atoms with E-state index in [1.54, 1.807) is 0 Å². The van der Waals surface area contributed by atoms with Crippen molar-refractivity contribution in [3.05, 3.63) is 24.3 Å². The molecule has 1 aliphatic rings. The van der Waals surface area contributed by atoms with Crippen LogP contribution in [-0.2, 0) is 15.0 Å². The minimum Gasteiger partial charge on any atom is -0.324 e. The highest BCUT2D eigenvalue weighted by Gasteiger charge is 2.28. The van der Waals surface area contributed by atoms with Gasteiger partial charge in [-0.15, -0.1) is 11.8 Å². The van der Waals surface area contributed by atoms with Crippen LogP contribution in [0.15, 0.2) is 29.2 Å². The highest BCUT2D eigenvalue weighted by Crippen LogP contribution is 2.24. The standard InChI is InChI=1S/C16H25N3O3S2/c1-18(24(21,22)19-11-7-3-4-8-12-19)13-16(20)17-14-9-5-6-10-15(14)23-2/h5-6,9-10H,3-4,7-8,11-13H2,1-2H3,(H,17,20). The summed E-state index contributed by atoms with van der Waals surface area (Å²) in [7, 11) is -2.13. The molecule has 6 nitrogen and oxygen atoms in total. The van der Waals surface area contributed by atoms with Gasteiger partial charge in [-0.2, -0.15) is 17.0 Å². The molecule has 1 N–H and O–H groups in total. The maximum atomic E-state index is 12.6. The smallest absolute Gasteiger partial charge is 0.282 e. The monoisotopic (exact) mass is 371 g/mol. The Labute approximate surface area is 148 Å². The van der Waals surface area contributed by atoms with E-state index in [2.05, 4.69) is 5.32 Å². The van der Waals surface area contributed by atoms with E-state index in [4.69, 9.17) is 0 Å². The lowest BCUT2D eigenvalue weighted by atomic mass is 10.2. The quantitative estimate of drug-likeness (QED) is 0.780. The molecule has 1 amide bonds. The third-order valence-corrected chi connectivity index (χ3v) is 6.76. The number of thioether (sulfide) groups is 1. The Morgan fingerprint density at radius 1 is 1.21 bits per heavy atom. The summed E-state index contributed by atoms with van der Waals surface area (Å²) in [5, 5.41) is 2.80. The second kappa shape index (κ2) is 8.84. The Kier molecular flexibility index (Phi) is 7.09. The zero-order valence-electron chi connectivity index (χ0n) is 14.2. The van der Waals surface area contributed by atoms with Gasteiger partial charge < -0.3 is 5.32 Å². The fourth-order valence-electron chi connectivity index (χ4n) is 2.69. The van der Waals surface area contributed by atoms with Crippen LogP contribution in [0.4, 0.5) is 5.69 Å². The van der Waals surface area contributed by atoms with Crippen molar-refractivity contribution in [3.63, 3.8) is 0 Å². The maximum absolute atomic E-state index is 12.6. The number of anilines is 1. The predicted molar refractivity (Wildman–Crippen MR) is 98.4 cm³/mol. The van der Waals surface area contributed by atoms with E-state index in [0.29, 0.717) is 18.8 Å². The Morgan fingerprint density at radius 2 is 1.83 bits per heavy atom. The molecule has 2 rings (SSSR count). The number of carbonyl (C=O) groups excluding carboxylic acids is 1. The first-order valence-electron chi connectivity index (χ1n) is 8.09. The average molecular weight is 372 g/mol. The average Bonchev–Trinajstić information content (AvgIpc) is 2.85. The van der Waals surface area contributed by atoms with Gasteiger partial charge in [-0.3, -0.25) is 4.79 Å². The summed E-state index contributed by atoms with van der Waals surface area (Å²) >= 11 is 1.53. The first-order chi connectivity index (χ1) is 11.4. The number of nitrogens with zero attached hydrogens (tertiary/aromatic N) is 2. The van der Waals surface area contributed by atoms with E-state index in [1.165, 1.54) is 23.1 Å². The number of rotatable bonds is 6. The van der Waals surface area contributed by atoms with Crippen LogP contribution in [0.25, 0.3) is 0 Å². The molecule has 134 valence electrons. The van der Waals surface area contributed by atoms with Gasteiger partial charge in [0.1, 0.15) is 0 Å². The predicted octanol–water partition coefficient (Wildman–Crippen LogP) is 2.40. The summed E-state index contributed by atoms with van der Waals surface area (Å²) in [5.41, 5.74) is 0.704. The minimum absolute atomic E-state index is 0.193. The van der Waals surface area contributed by atoms with E-state index >= 15 is 0 Å². The molecule has 0 atom stereocenters. The van der Waals surface area contributed by atoms with Gasteiger partial charge in [-0.25, -0.2) is 0 Å². The molecule has 0 unspecified atom stereocenters. The lowest BCUT2D eigenvalue weighted by Gasteiger charge is -2.26. The molecule has 1 aromatic rings. The normalized spacial score (nSPS) is 16.8. The number of benzene rings is 1. The first-order valence-corrected chi connectivity index (χ1v) is 10.7. The fraction of sp³-hybridized carbons (Fsp3) is 0.562. The molecular formula is C16H25N3O3S2. The summed E-state index contributed by atoms with van der Waals surface area (Å²) < 4.78 is 27.9. The van der Waals surface area contributed by atoms with Crippen LogP contribution in [-0.4, -0.2) is 55.9 Å². The number of nitrogens with one attached hydrogen (secondary N) is 1. The van der Waals surface area contributed by atoms with Gasteiger partial charge in [0.15, 0.2) is 0 Å². The molecular weight excluding hydrogens is 346 g/mol. The molecule has 24 heavy (non-hydrogen) atoms. The topological polar surface area (TPSA) is 69.7 Å². The molecule has 0 saturated carbocycles. The lowest BCUT2D eigenvalue weighted by Crippen LogP contribution is -2.45. The third-order valence-electron chi connectivity index (χ3n) is 4.03. The van der Waals surface area contributed by atoms with E-state index in [-0.39, 0.29) is 12.5 Å². The van der Waals surface area contributed by atoms with Gasteiger partial charge in [-0.05, 0) is 31.2 Å². The Balaban J connectivity index is 1.99. The van der Waals surface area contributed by atoms with Crippen molar-refractivity contribution < 1.29 is 13.2 Å². The van der Waals surface area contributed by atoms with E-state index in [9.17, 15) is 13.2 Å². The highest BCUT2D eigenvalue weighted by molar-refractivity contribution is 7.98.